The number of nitrogens with one attached hydrogen (secondary N) is 1. The van der Waals surface area contributed by atoms with Crippen LogP contribution < -0.4 is 14.8 Å². The van der Waals surface area contributed by atoms with Crippen LogP contribution in [0.5, 0.6) is 11.5 Å². The molecule has 0 radical (unpaired) electrons. The van der Waals surface area contributed by atoms with Crippen molar-refractivity contribution >= 4 is 17.3 Å². The number of hydrogen-bond acceptors (Lipinski definition) is 6. The van der Waals surface area contributed by atoms with Gasteiger partial charge in [0, 0.05) is 18.7 Å². The lowest BCUT2D eigenvalue weighted by molar-refractivity contribution is -0.384. The predicted octanol–water partition coefficient (Wildman–Crippen LogP) is 3.00. The second kappa shape index (κ2) is 8.71. The molecule has 0 fully saturated rings. The Bertz CT molecular complexity index is 871. The van der Waals surface area contributed by atoms with Gasteiger partial charge in [0.2, 0.25) is 5.91 Å². The van der Waals surface area contributed by atoms with E-state index in [2.05, 4.69) is 5.32 Å². The molecule has 0 aromatic heterocycles. The number of carbonyl (C=O) groups excluding carboxylic acids is 1. The molecular formula is C20H23N3O5. The van der Waals surface area contributed by atoms with Crippen molar-refractivity contribution in [3.05, 3.63) is 58.1 Å². The maximum absolute atomic E-state index is 12.5. The first-order valence-corrected chi connectivity index (χ1v) is 9.12. The molecule has 0 spiro atoms. The smallest absolute Gasteiger partial charge is 0.271 e. The van der Waals surface area contributed by atoms with Crippen LogP contribution in [0, 0.1) is 17.0 Å². The molecular weight excluding hydrogens is 362 g/mol. The highest BCUT2D eigenvalue weighted by Crippen LogP contribution is 2.31. The number of non-ortho nitro benzene ring substituents is 1. The van der Waals surface area contributed by atoms with Crippen molar-refractivity contribution in [1.82, 2.24) is 4.90 Å². The van der Waals surface area contributed by atoms with Crippen molar-refractivity contribution in [2.24, 2.45) is 0 Å². The van der Waals surface area contributed by atoms with E-state index in [1.807, 2.05) is 36.1 Å². The quantitative estimate of drug-likeness (QED) is 0.582. The highest BCUT2D eigenvalue weighted by Gasteiger charge is 2.23. The van der Waals surface area contributed by atoms with Crippen molar-refractivity contribution in [3.63, 3.8) is 0 Å². The first-order chi connectivity index (χ1) is 13.5. The van der Waals surface area contributed by atoms with Gasteiger partial charge in [0.1, 0.15) is 12.7 Å². The Morgan fingerprint density at radius 2 is 2.04 bits per heavy atom. The standard InChI is InChI=1S/C20H23N3O5/c1-3-22(11-16-13-27-18-6-4-5-7-19(18)28-16)12-20(24)21-17-10-15(23(25)26)9-8-14(17)2/h4-10,16H,3,11-13H2,1-2H3,(H,21,24). The molecule has 3 rings (SSSR count). The maximum atomic E-state index is 12.5. The number of para-hydroxylation sites is 2. The topological polar surface area (TPSA) is 93.9 Å². The van der Waals surface area contributed by atoms with Gasteiger partial charge in [-0.3, -0.25) is 19.8 Å². The monoisotopic (exact) mass is 385 g/mol. The van der Waals surface area contributed by atoms with Gasteiger partial charge in [-0.15, -0.1) is 0 Å². The number of aryl methyl sites for hydroxylation is 1. The lowest BCUT2D eigenvalue weighted by Gasteiger charge is -2.30. The summed E-state index contributed by atoms with van der Waals surface area (Å²) in [5.41, 5.74) is 1.16. The minimum atomic E-state index is -0.480. The minimum absolute atomic E-state index is 0.0559. The van der Waals surface area contributed by atoms with Crippen LogP contribution in [0.2, 0.25) is 0 Å². The lowest BCUT2D eigenvalue weighted by Crippen LogP contribution is -2.43. The van der Waals surface area contributed by atoms with Crippen molar-refractivity contribution < 1.29 is 19.2 Å². The fraction of sp³-hybridized carbons (Fsp3) is 0.350. The number of amides is 1. The third kappa shape index (κ3) is 4.77. The van der Waals surface area contributed by atoms with E-state index in [0.717, 1.165) is 11.3 Å². The number of nitrogens with zero attached hydrogens (tertiary/aromatic N) is 2. The summed E-state index contributed by atoms with van der Waals surface area (Å²) >= 11 is 0. The molecule has 1 atom stereocenters. The van der Waals surface area contributed by atoms with Gasteiger partial charge in [-0.05, 0) is 31.2 Å². The summed E-state index contributed by atoms with van der Waals surface area (Å²) in [5, 5.41) is 13.7. The molecule has 28 heavy (non-hydrogen) atoms. The van der Waals surface area contributed by atoms with Gasteiger partial charge in [0.25, 0.3) is 5.69 Å². The van der Waals surface area contributed by atoms with Crippen molar-refractivity contribution in [2.45, 2.75) is 20.0 Å². The predicted molar refractivity (Wildman–Crippen MR) is 105 cm³/mol. The molecule has 8 nitrogen and oxygen atoms in total. The zero-order chi connectivity index (χ0) is 20.1. The molecule has 2 aromatic rings. The number of hydrogen-bond donors (Lipinski definition) is 1. The number of likely N-dealkylation sites (N-methyl/N-ethyl adjacent to an activating group) is 1. The second-order valence-electron chi connectivity index (χ2n) is 6.63. The zero-order valence-electron chi connectivity index (χ0n) is 15.9. The Kier molecular flexibility index (Phi) is 6.10. The van der Waals surface area contributed by atoms with Crippen LogP contribution in [0.15, 0.2) is 42.5 Å². The number of fused-ring (bicyclic) bond motifs is 1. The van der Waals surface area contributed by atoms with Gasteiger partial charge >= 0.3 is 0 Å². The van der Waals surface area contributed by atoms with E-state index < -0.39 is 4.92 Å². The van der Waals surface area contributed by atoms with Crippen LogP contribution in [0.1, 0.15) is 12.5 Å². The number of ether oxygens (including phenoxy) is 2. The number of nitro benzene ring substituents is 1. The van der Waals surface area contributed by atoms with Crippen LogP contribution in [0.4, 0.5) is 11.4 Å². The van der Waals surface area contributed by atoms with E-state index in [9.17, 15) is 14.9 Å². The molecule has 8 heteroatoms. The molecule has 1 heterocycles. The molecule has 148 valence electrons. The molecule has 0 aliphatic carbocycles. The van der Waals surface area contributed by atoms with Crippen molar-refractivity contribution in [1.29, 1.82) is 0 Å². The van der Waals surface area contributed by atoms with Gasteiger partial charge in [0.15, 0.2) is 11.5 Å². The maximum Gasteiger partial charge on any atom is 0.271 e. The number of benzene rings is 2. The van der Waals surface area contributed by atoms with Crippen LogP contribution in [0.3, 0.4) is 0 Å². The summed E-state index contributed by atoms with van der Waals surface area (Å²) in [6.07, 6.45) is -0.179. The van der Waals surface area contributed by atoms with Crippen LogP contribution in [-0.4, -0.2) is 48.1 Å². The molecule has 0 saturated carbocycles. The van der Waals surface area contributed by atoms with Gasteiger partial charge in [-0.2, -0.15) is 0 Å². The Morgan fingerprint density at radius 3 is 2.75 bits per heavy atom. The number of carbonyl (C=O) groups is 1. The lowest BCUT2D eigenvalue weighted by atomic mass is 10.2. The average molecular weight is 385 g/mol. The summed E-state index contributed by atoms with van der Waals surface area (Å²) in [6.45, 7) is 5.51. The molecule has 1 unspecified atom stereocenters. The number of nitro groups is 1. The Hall–Kier alpha value is -3.13. The Balaban J connectivity index is 1.58. The normalized spacial score (nSPS) is 15.3. The van der Waals surface area contributed by atoms with E-state index in [-0.39, 0.29) is 24.2 Å². The second-order valence-corrected chi connectivity index (χ2v) is 6.63. The van der Waals surface area contributed by atoms with Gasteiger partial charge in [-0.1, -0.05) is 25.1 Å². The van der Waals surface area contributed by atoms with Crippen molar-refractivity contribution in [3.8, 4) is 11.5 Å². The third-order valence-corrected chi connectivity index (χ3v) is 4.55. The summed E-state index contributed by atoms with van der Waals surface area (Å²) < 4.78 is 11.7. The molecule has 1 amide bonds. The highest BCUT2D eigenvalue weighted by atomic mass is 16.6. The third-order valence-electron chi connectivity index (χ3n) is 4.55. The zero-order valence-corrected chi connectivity index (χ0v) is 15.9. The fourth-order valence-electron chi connectivity index (χ4n) is 3.00. The van der Waals surface area contributed by atoms with E-state index in [0.29, 0.717) is 31.1 Å². The summed E-state index contributed by atoms with van der Waals surface area (Å²) in [4.78, 5) is 24.9. The van der Waals surface area contributed by atoms with Crippen LogP contribution >= 0.6 is 0 Å². The van der Waals surface area contributed by atoms with Crippen LogP contribution in [0.25, 0.3) is 0 Å². The molecule has 2 aromatic carbocycles. The Morgan fingerprint density at radius 1 is 1.29 bits per heavy atom. The fourth-order valence-corrected chi connectivity index (χ4v) is 3.00. The van der Waals surface area contributed by atoms with Gasteiger partial charge < -0.3 is 14.8 Å². The van der Waals surface area contributed by atoms with E-state index in [4.69, 9.17) is 9.47 Å². The summed E-state index contributed by atoms with van der Waals surface area (Å²) in [5.74, 6) is 1.19. The highest BCUT2D eigenvalue weighted by molar-refractivity contribution is 5.93. The van der Waals surface area contributed by atoms with Crippen LogP contribution in [-0.2, 0) is 4.79 Å². The van der Waals surface area contributed by atoms with E-state index in [1.165, 1.54) is 12.1 Å². The molecule has 1 aliphatic heterocycles. The largest absolute Gasteiger partial charge is 0.486 e. The molecule has 0 saturated heterocycles. The summed E-state index contributed by atoms with van der Waals surface area (Å²) in [7, 11) is 0. The first-order valence-electron chi connectivity index (χ1n) is 9.12. The van der Waals surface area contributed by atoms with Crippen molar-refractivity contribution in [2.75, 3.05) is 31.6 Å². The minimum Gasteiger partial charge on any atom is -0.486 e. The van der Waals surface area contributed by atoms with E-state index in [1.54, 1.807) is 13.0 Å². The average Bonchev–Trinajstić information content (AvgIpc) is 2.68. The summed E-state index contributed by atoms with van der Waals surface area (Å²) in [6, 6.07) is 11.9. The molecule has 1 aliphatic rings. The molecule has 0 bridgehead atoms. The number of rotatable bonds is 7. The van der Waals surface area contributed by atoms with Gasteiger partial charge in [0.05, 0.1) is 17.2 Å². The molecule has 1 N–H and O–H groups in total. The Labute approximate surface area is 163 Å². The SMILES string of the molecule is CCN(CC(=O)Nc1cc([N+](=O)[O-])ccc1C)CC1COc2ccccc2O1. The number of anilines is 1. The first kappa shape index (κ1) is 19.6. The van der Waals surface area contributed by atoms with E-state index >= 15 is 0 Å². The van der Waals surface area contributed by atoms with Gasteiger partial charge in [-0.25, -0.2) is 0 Å².